The molecule has 1 saturated heterocycles. The Morgan fingerprint density at radius 3 is 2.81 bits per heavy atom. The third kappa shape index (κ3) is 5.04. The molecule has 1 fully saturated rings. The molecule has 0 spiro atoms. The molecule has 1 aromatic carbocycles. The molecule has 3 rings (SSSR count). The Labute approximate surface area is 161 Å². The summed E-state index contributed by atoms with van der Waals surface area (Å²) in [7, 11) is -3.27. The highest BCUT2D eigenvalue weighted by molar-refractivity contribution is 7.92. The number of nitrogens with one attached hydrogen (secondary N) is 1. The lowest BCUT2D eigenvalue weighted by molar-refractivity contribution is 0.109. The number of aromatic nitrogens is 4. The molecule has 1 aliphatic rings. The average Bonchev–Trinajstić information content (AvgIpc) is 3.10. The van der Waals surface area contributed by atoms with Crippen LogP contribution in [-0.4, -0.2) is 59.4 Å². The molecule has 0 bridgehead atoms. The fourth-order valence-electron chi connectivity index (χ4n) is 3.84. The molecular formula is C18H28N6O2S. The number of aryl methyl sites for hydroxylation is 1. The largest absolute Gasteiger partial charge is 0.303 e. The van der Waals surface area contributed by atoms with Crippen molar-refractivity contribution < 1.29 is 8.42 Å². The summed E-state index contributed by atoms with van der Waals surface area (Å²) in [6, 6.07) is 7.81. The molecule has 9 heteroatoms. The van der Waals surface area contributed by atoms with Crippen molar-refractivity contribution in [2.75, 3.05) is 30.6 Å². The van der Waals surface area contributed by atoms with Gasteiger partial charge in [0.1, 0.15) is 6.33 Å². The van der Waals surface area contributed by atoms with E-state index in [9.17, 15) is 8.42 Å². The number of tetrazole rings is 1. The fraction of sp³-hybridized carbons (Fsp3) is 0.611. The first-order valence-corrected chi connectivity index (χ1v) is 11.2. The van der Waals surface area contributed by atoms with Gasteiger partial charge in [0.25, 0.3) is 0 Å². The molecule has 0 amide bonds. The van der Waals surface area contributed by atoms with E-state index < -0.39 is 10.0 Å². The van der Waals surface area contributed by atoms with Crippen LogP contribution in [0.25, 0.3) is 0 Å². The first-order valence-electron chi connectivity index (χ1n) is 9.28. The molecule has 2 heterocycles. The highest BCUT2D eigenvalue weighted by Crippen LogP contribution is 2.40. The minimum Gasteiger partial charge on any atom is -0.303 e. The molecule has 0 aliphatic carbocycles. The predicted molar refractivity (Wildman–Crippen MR) is 105 cm³/mol. The van der Waals surface area contributed by atoms with Gasteiger partial charge in [-0.2, -0.15) is 0 Å². The number of hydrogen-bond acceptors (Lipinski definition) is 6. The summed E-state index contributed by atoms with van der Waals surface area (Å²) >= 11 is 0. The summed E-state index contributed by atoms with van der Waals surface area (Å²) in [5.41, 5.74) is 1.85. The van der Waals surface area contributed by atoms with Crippen molar-refractivity contribution in [2.24, 2.45) is 5.92 Å². The van der Waals surface area contributed by atoms with Gasteiger partial charge in [0.2, 0.25) is 10.0 Å². The maximum atomic E-state index is 11.5. The zero-order valence-corrected chi connectivity index (χ0v) is 17.0. The number of rotatable bonds is 7. The Hall–Kier alpha value is -2.00. The van der Waals surface area contributed by atoms with Gasteiger partial charge in [0.05, 0.1) is 6.26 Å². The summed E-state index contributed by atoms with van der Waals surface area (Å²) in [6.45, 7) is 8.47. The second-order valence-electron chi connectivity index (χ2n) is 7.75. The van der Waals surface area contributed by atoms with Crippen molar-refractivity contribution in [3.8, 4) is 0 Å². The molecule has 8 nitrogen and oxygen atoms in total. The molecule has 0 unspecified atom stereocenters. The van der Waals surface area contributed by atoms with Crippen molar-refractivity contribution in [1.82, 2.24) is 25.1 Å². The minimum absolute atomic E-state index is 0.0293. The number of hydrogen-bond donors (Lipinski definition) is 1. The minimum atomic E-state index is -3.27. The van der Waals surface area contributed by atoms with E-state index in [1.807, 2.05) is 12.1 Å². The van der Waals surface area contributed by atoms with Gasteiger partial charge in [-0.3, -0.25) is 4.72 Å². The normalized spacial score (nSPS) is 24.0. The van der Waals surface area contributed by atoms with Crippen LogP contribution in [-0.2, 0) is 22.0 Å². The molecule has 148 valence electrons. The summed E-state index contributed by atoms with van der Waals surface area (Å²) in [5, 5.41) is 11.2. The maximum absolute atomic E-state index is 11.5. The highest BCUT2D eigenvalue weighted by Gasteiger charge is 2.37. The number of piperidine rings is 1. The van der Waals surface area contributed by atoms with Crippen LogP contribution in [0.3, 0.4) is 0 Å². The van der Waals surface area contributed by atoms with Gasteiger partial charge in [-0.15, -0.1) is 5.10 Å². The van der Waals surface area contributed by atoms with Crippen molar-refractivity contribution in [3.63, 3.8) is 0 Å². The second kappa shape index (κ2) is 7.93. The van der Waals surface area contributed by atoms with E-state index in [1.54, 1.807) is 17.1 Å². The van der Waals surface area contributed by atoms with Gasteiger partial charge in [0.15, 0.2) is 0 Å². The lowest BCUT2D eigenvalue weighted by Gasteiger charge is -2.45. The molecule has 2 aromatic rings. The summed E-state index contributed by atoms with van der Waals surface area (Å²) in [5.74, 6) is 0.466. The Morgan fingerprint density at radius 1 is 1.33 bits per heavy atom. The lowest BCUT2D eigenvalue weighted by atomic mass is 9.68. The highest BCUT2D eigenvalue weighted by atomic mass is 32.2. The third-order valence-corrected chi connectivity index (χ3v) is 6.25. The maximum Gasteiger partial charge on any atom is 0.229 e. The van der Waals surface area contributed by atoms with E-state index in [-0.39, 0.29) is 5.41 Å². The van der Waals surface area contributed by atoms with Crippen LogP contribution in [0.1, 0.15) is 32.3 Å². The number of benzene rings is 1. The molecular weight excluding hydrogens is 364 g/mol. The van der Waals surface area contributed by atoms with Gasteiger partial charge >= 0.3 is 0 Å². The van der Waals surface area contributed by atoms with Gasteiger partial charge in [-0.1, -0.05) is 26.0 Å². The molecule has 1 N–H and O–H groups in total. The Morgan fingerprint density at radius 2 is 2.15 bits per heavy atom. The van der Waals surface area contributed by atoms with E-state index in [0.29, 0.717) is 11.6 Å². The van der Waals surface area contributed by atoms with Crippen molar-refractivity contribution in [3.05, 3.63) is 36.2 Å². The van der Waals surface area contributed by atoms with Crippen LogP contribution < -0.4 is 4.72 Å². The third-order valence-electron chi connectivity index (χ3n) is 5.65. The Bertz CT molecular complexity index is 854. The zero-order valence-electron chi connectivity index (χ0n) is 16.2. The van der Waals surface area contributed by atoms with E-state index in [1.165, 1.54) is 11.8 Å². The van der Waals surface area contributed by atoms with E-state index in [0.717, 1.165) is 39.0 Å². The molecule has 27 heavy (non-hydrogen) atoms. The first-order chi connectivity index (χ1) is 12.8. The molecule has 0 saturated carbocycles. The molecule has 1 aromatic heterocycles. The van der Waals surface area contributed by atoms with Crippen LogP contribution in [0.5, 0.6) is 0 Å². The second-order valence-corrected chi connectivity index (χ2v) is 9.50. The van der Waals surface area contributed by atoms with Crippen LogP contribution >= 0.6 is 0 Å². The van der Waals surface area contributed by atoms with Crippen LogP contribution in [0.4, 0.5) is 5.69 Å². The fourth-order valence-corrected chi connectivity index (χ4v) is 4.39. The van der Waals surface area contributed by atoms with Crippen molar-refractivity contribution in [2.45, 2.75) is 38.6 Å². The Kier molecular flexibility index (Phi) is 5.81. The Balaban J connectivity index is 1.61. The quantitative estimate of drug-likeness (QED) is 0.771. The topological polar surface area (TPSA) is 93.0 Å². The number of sulfonamides is 1. The van der Waals surface area contributed by atoms with E-state index in [2.05, 4.69) is 45.1 Å². The van der Waals surface area contributed by atoms with Gasteiger partial charge < -0.3 is 4.90 Å². The first kappa shape index (κ1) is 19.8. The van der Waals surface area contributed by atoms with Crippen molar-refractivity contribution in [1.29, 1.82) is 0 Å². The van der Waals surface area contributed by atoms with E-state index >= 15 is 0 Å². The van der Waals surface area contributed by atoms with Crippen molar-refractivity contribution >= 4 is 15.7 Å². The average molecular weight is 393 g/mol. The predicted octanol–water partition coefficient (Wildman–Crippen LogP) is 1.73. The lowest BCUT2D eigenvalue weighted by Crippen LogP contribution is -2.47. The monoisotopic (exact) mass is 392 g/mol. The number of likely N-dealkylation sites (tertiary alicyclic amines) is 1. The van der Waals surface area contributed by atoms with Gasteiger partial charge in [0, 0.05) is 18.8 Å². The standard InChI is InChI=1S/C18H28N6O2S/c1-15-13-23(9-5-10-24-14-19-21-22-24)11-8-18(15,2)16-6-4-7-17(12-16)20-27(3,25)26/h4,6-7,12,14-15,20H,5,8-11,13H2,1-3H3/t15-,18-/m0/s1. The number of nitrogens with zero attached hydrogens (tertiary/aromatic N) is 5. The summed E-state index contributed by atoms with van der Waals surface area (Å²) < 4.78 is 27.4. The zero-order chi connectivity index (χ0) is 19.5. The van der Waals surface area contributed by atoms with Gasteiger partial charge in [-0.25, -0.2) is 13.1 Å². The number of anilines is 1. The summed E-state index contributed by atoms with van der Waals surface area (Å²) in [6.07, 6.45) is 4.88. The molecule has 0 radical (unpaired) electrons. The van der Waals surface area contributed by atoms with Crippen LogP contribution in [0.15, 0.2) is 30.6 Å². The van der Waals surface area contributed by atoms with Crippen LogP contribution in [0.2, 0.25) is 0 Å². The summed E-state index contributed by atoms with van der Waals surface area (Å²) in [4.78, 5) is 2.50. The van der Waals surface area contributed by atoms with Gasteiger partial charge in [-0.05, 0) is 65.4 Å². The van der Waals surface area contributed by atoms with E-state index in [4.69, 9.17) is 0 Å². The molecule has 2 atom stereocenters. The molecule has 1 aliphatic heterocycles. The smallest absolute Gasteiger partial charge is 0.229 e. The SMILES string of the molecule is C[C@H]1CN(CCCn2cnnn2)CC[C@]1(C)c1cccc(NS(C)(=O)=O)c1. The van der Waals surface area contributed by atoms with Crippen LogP contribution in [0, 0.1) is 5.92 Å².